The van der Waals surface area contributed by atoms with E-state index in [1.165, 1.54) is 11.8 Å². The zero-order valence-electron chi connectivity index (χ0n) is 11.1. The van der Waals surface area contributed by atoms with E-state index in [4.69, 9.17) is 5.11 Å². The second-order valence-corrected chi connectivity index (χ2v) is 6.01. The Hall–Kier alpha value is -1.34. The van der Waals surface area contributed by atoms with Crippen molar-refractivity contribution >= 4 is 33.7 Å². The van der Waals surface area contributed by atoms with Gasteiger partial charge in [0.15, 0.2) is 11.0 Å². The van der Waals surface area contributed by atoms with Gasteiger partial charge in [-0.25, -0.2) is 0 Å². The van der Waals surface area contributed by atoms with Crippen LogP contribution in [0, 0.1) is 6.92 Å². The maximum Gasteiger partial charge on any atom is 0.313 e. The average Bonchev–Trinajstić information content (AvgIpc) is 2.81. The first-order valence-electron chi connectivity index (χ1n) is 6.07. The lowest BCUT2D eigenvalue weighted by Crippen LogP contribution is -2.03. The summed E-state index contributed by atoms with van der Waals surface area (Å²) in [5.74, 6) is -0.137. The van der Waals surface area contributed by atoms with Gasteiger partial charge in [0.1, 0.15) is 0 Å². The number of carboxylic acids is 1. The number of aryl methyl sites for hydroxylation is 1. The summed E-state index contributed by atoms with van der Waals surface area (Å²) >= 11 is 4.70. The van der Waals surface area contributed by atoms with Gasteiger partial charge >= 0.3 is 5.97 Å². The van der Waals surface area contributed by atoms with E-state index in [0.717, 1.165) is 21.4 Å². The summed E-state index contributed by atoms with van der Waals surface area (Å²) < 4.78 is 2.87. The van der Waals surface area contributed by atoms with Gasteiger partial charge in [0, 0.05) is 16.6 Å². The summed E-state index contributed by atoms with van der Waals surface area (Å²) in [4.78, 5) is 10.7. The first-order valence-corrected chi connectivity index (χ1v) is 7.85. The van der Waals surface area contributed by atoms with E-state index in [-0.39, 0.29) is 5.75 Å². The third-order valence-electron chi connectivity index (χ3n) is 2.72. The number of carboxylic acid groups (broad SMARTS) is 1. The molecular formula is C13H14BrN3O2S. The number of aliphatic carboxylic acids is 1. The van der Waals surface area contributed by atoms with Crippen LogP contribution in [0.25, 0.3) is 11.4 Å². The first kappa shape index (κ1) is 15.1. The molecule has 1 N–H and O–H groups in total. The Morgan fingerprint density at radius 2 is 2.20 bits per heavy atom. The number of nitrogens with zero attached hydrogens (tertiary/aromatic N) is 3. The number of hydrogen-bond acceptors (Lipinski definition) is 4. The predicted octanol–water partition coefficient (Wildman–Crippen LogP) is 3.21. The van der Waals surface area contributed by atoms with Crippen LogP contribution in [0.3, 0.4) is 0 Å². The standard InChI is InChI=1S/C13H14BrN3O2S/c1-3-17-12(9-6-8(2)4-5-10(9)14)15-16-13(17)20-7-11(18)19/h4-6H,3,7H2,1-2H3,(H,18,19). The molecule has 0 aliphatic rings. The van der Waals surface area contributed by atoms with E-state index in [2.05, 4.69) is 26.1 Å². The fourth-order valence-electron chi connectivity index (χ4n) is 1.82. The van der Waals surface area contributed by atoms with Crippen LogP contribution < -0.4 is 0 Å². The molecule has 7 heteroatoms. The van der Waals surface area contributed by atoms with E-state index in [0.29, 0.717) is 11.7 Å². The van der Waals surface area contributed by atoms with Crippen molar-refractivity contribution in [2.24, 2.45) is 0 Å². The van der Waals surface area contributed by atoms with Crippen LogP contribution in [-0.2, 0) is 11.3 Å². The van der Waals surface area contributed by atoms with Crippen LogP contribution in [0.1, 0.15) is 12.5 Å². The summed E-state index contributed by atoms with van der Waals surface area (Å²) in [6, 6.07) is 6.02. The lowest BCUT2D eigenvalue weighted by atomic mass is 10.1. The first-order chi connectivity index (χ1) is 9.52. The van der Waals surface area contributed by atoms with Crippen molar-refractivity contribution < 1.29 is 9.90 Å². The van der Waals surface area contributed by atoms with E-state index >= 15 is 0 Å². The van der Waals surface area contributed by atoms with E-state index in [1.807, 2.05) is 36.6 Å². The fraction of sp³-hybridized carbons (Fsp3) is 0.308. The number of benzene rings is 1. The molecule has 0 atom stereocenters. The molecular weight excluding hydrogens is 342 g/mol. The molecule has 1 aromatic heterocycles. The van der Waals surface area contributed by atoms with Gasteiger partial charge < -0.3 is 9.67 Å². The monoisotopic (exact) mass is 355 g/mol. The van der Waals surface area contributed by atoms with Crippen molar-refractivity contribution in [2.45, 2.75) is 25.5 Å². The molecule has 1 aromatic carbocycles. The van der Waals surface area contributed by atoms with Crippen molar-refractivity contribution in [1.82, 2.24) is 14.8 Å². The topological polar surface area (TPSA) is 68.0 Å². The summed E-state index contributed by atoms with van der Waals surface area (Å²) in [5, 5.41) is 17.7. The van der Waals surface area contributed by atoms with Crippen molar-refractivity contribution in [3.05, 3.63) is 28.2 Å². The Bertz CT molecular complexity index is 643. The van der Waals surface area contributed by atoms with Gasteiger partial charge in [-0.1, -0.05) is 39.3 Å². The molecule has 0 radical (unpaired) electrons. The summed E-state index contributed by atoms with van der Waals surface area (Å²) in [5.41, 5.74) is 2.09. The highest BCUT2D eigenvalue weighted by molar-refractivity contribution is 9.10. The van der Waals surface area contributed by atoms with Crippen LogP contribution in [0.5, 0.6) is 0 Å². The number of hydrogen-bond donors (Lipinski definition) is 1. The molecule has 2 rings (SSSR count). The zero-order valence-corrected chi connectivity index (χ0v) is 13.5. The fourth-order valence-corrected chi connectivity index (χ4v) is 2.96. The molecule has 0 bridgehead atoms. The molecule has 1 heterocycles. The van der Waals surface area contributed by atoms with E-state index in [1.54, 1.807) is 0 Å². The van der Waals surface area contributed by atoms with Gasteiger partial charge in [0.2, 0.25) is 0 Å². The lowest BCUT2D eigenvalue weighted by molar-refractivity contribution is -0.133. The second-order valence-electron chi connectivity index (χ2n) is 4.22. The minimum Gasteiger partial charge on any atom is -0.481 e. The number of rotatable bonds is 5. The molecule has 0 amide bonds. The molecule has 0 saturated carbocycles. The summed E-state index contributed by atoms with van der Waals surface area (Å²) in [6.45, 7) is 4.69. The van der Waals surface area contributed by atoms with Crippen LogP contribution in [0.2, 0.25) is 0 Å². The molecule has 106 valence electrons. The SMILES string of the molecule is CCn1c(SCC(=O)O)nnc1-c1cc(C)ccc1Br. The number of thioether (sulfide) groups is 1. The van der Waals surface area contributed by atoms with Crippen LogP contribution in [0.4, 0.5) is 0 Å². The van der Waals surface area contributed by atoms with Gasteiger partial charge in [0.05, 0.1) is 5.75 Å². The van der Waals surface area contributed by atoms with Crippen molar-refractivity contribution in [2.75, 3.05) is 5.75 Å². The summed E-state index contributed by atoms with van der Waals surface area (Å²) in [7, 11) is 0. The van der Waals surface area contributed by atoms with Gasteiger partial charge in [0.25, 0.3) is 0 Å². The molecule has 20 heavy (non-hydrogen) atoms. The molecule has 2 aromatic rings. The Morgan fingerprint density at radius 1 is 1.45 bits per heavy atom. The second kappa shape index (κ2) is 6.41. The van der Waals surface area contributed by atoms with Crippen LogP contribution >= 0.6 is 27.7 Å². The van der Waals surface area contributed by atoms with E-state index in [9.17, 15) is 4.79 Å². The van der Waals surface area contributed by atoms with Gasteiger partial charge in [-0.15, -0.1) is 10.2 Å². The third-order valence-corrected chi connectivity index (χ3v) is 4.36. The predicted molar refractivity (Wildman–Crippen MR) is 81.9 cm³/mol. The van der Waals surface area contributed by atoms with Gasteiger partial charge in [-0.3, -0.25) is 4.79 Å². The van der Waals surface area contributed by atoms with Gasteiger partial charge in [-0.05, 0) is 26.0 Å². The molecule has 0 fully saturated rings. The number of aromatic nitrogens is 3. The average molecular weight is 356 g/mol. The lowest BCUT2D eigenvalue weighted by Gasteiger charge is -2.08. The van der Waals surface area contributed by atoms with Gasteiger partial charge in [-0.2, -0.15) is 0 Å². The normalized spacial score (nSPS) is 10.8. The Morgan fingerprint density at radius 3 is 2.85 bits per heavy atom. The quantitative estimate of drug-likeness (QED) is 0.834. The highest BCUT2D eigenvalue weighted by atomic mass is 79.9. The Balaban J connectivity index is 2.42. The maximum atomic E-state index is 10.7. The van der Waals surface area contributed by atoms with Crippen LogP contribution in [-0.4, -0.2) is 31.6 Å². The number of halogens is 1. The van der Waals surface area contributed by atoms with Crippen molar-refractivity contribution in [1.29, 1.82) is 0 Å². The molecule has 5 nitrogen and oxygen atoms in total. The number of carbonyl (C=O) groups is 1. The largest absolute Gasteiger partial charge is 0.481 e. The minimum atomic E-state index is -0.862. The smallest absolute Gasteiger partial charge is 0.313 e. The Kier molecular flexibility index (Phi) is 4.82. The third kappa shape index (κ3) is 3.21. The molecule has 0 spiro atoms. The molecule has 0 saturated heterocycles. The molecule has 0 aliphatic heterocycles. The van der Waals surface area contributed by atoms with Crippen LogP contribution in [0.15, 0.2) is 27.8 Å². The van der Waals surface area contributed by atoms with Crippen molar-refractivity contribution in [3.63, 3.8) is 0 Å². The molecule has 0 unspecified atom stereocenters. The minimum absolute atomic E-state index is 0.0207. The highest BCUT2D eigenvalue weighted by Crippen LogP contribution is 2.30. The molecule has 0 aliphatic carbocycles. The Labute approximate surface area is 129 Å². The highest BCUT2D eigenvalue weighted by Gasteiger charge is 2.16. The maximum absolute atomic E-state index is 10.7. The van der Waals surface area contributed by atoms with Crippen molar-refractivity contribution in [3.8, 4) is 11.4 Å². The van der Waals surface area contributed by atoms with E-state index < -0.39 is 5.97 Å². The zero-order chi connectivity index (χ0) is 14.7. The summed E-state index contributed by atoms with van der Waals surface area (Å²) in [6.07, 6.45) is 0.